The first kappa shape index (κ1) is 8.16. The van der Waals surface area contributed by atoms with Gasteiger partial charge in [-0.3, -0.25) is 4.68 Å². The van der Waals surface area contributed by atoms with Crippen LogP contribution < -0.4 is 5.73 Å². The van der Waals surface area contributed by atoms with E-state index in [2.05, 4.69) is 10.1 Å². The lowest BCUT2D eigenvalue weighted by Gasteiger charge is -2.07. The van der Waals surface area contributed by atoms with Crippen LogP contribution >= 0.6 is 0 Å². The maximum Gasteiger partial charge on any atom is 0.143 e. The second kappa shape index (κ2) is 3.45. The van der Waals surface area contributed by atoms with Crippen LogP contribution in [0.5, 0.6) is 0 Å². The summed E-state index contributed by atoms with van der Waals surface area (Å²) >= 11 is 0. The fraction of sp³-hybridized carbons (Fsp3) is 0.667. The van der Waals surface area contributed by atoms with Gasteiger partial charge in [-0.25, -0.2) is 4.98 Å². The molecule has 1 atom stereocenters. The van der Waals surface area contributed by atoms with Crippen LogP contribution in [-0.2, 0) is 7.05 Å². The minimum Gasteiger partial charge on any atom is -0.396 e. The normalized spacial score (nSPS) is 13.4. The third-order valence-electron chi connectivity index (χ3n) is 1.52. The highest BCUT2D eigenvalue weighted by Gasteiger charge is 2.09. The largest absolute Gasteiger partial charge is 0.396 e. The molecule has 1 unspecified atom stereocenters. The number of hydrogen-bond acceptors (Lipinski definition) is 4. The van der Waals surface area contributed by atoms with Crippen molar-refractivity contribution < 1.29 is 5.11 Å². The van der Waals surface area contributed by atoms with E-state index in [9.17, 15) is 0 Å². The molecule has 0 aliphatic heterocycles. The molecule has 0 spiro atoms. The molecule has 1 aromatic rings. The van der Waals surface area contributed by atoms with Crippen LogP contribution in [-0.4, -0.2) is 26.5 Å². The zero-order chi connectivity index (χ0) is 8.27. The Morgan fingerprint density at radius 2 is 2.55 bits per heavy atom. The fourth-order valence-electron chi connectivity index (χ4n) is 0.909. The fourth-order valence-corrected chi connectivity index (χ4v) is 0.909. The number of aryl methyl sites for hydroxylation is 1. The number of aromatic nitrogens is 3. The Balaban J connectivity index is 2.67. The van der Waals surface area contributed by atoms with Gasteiger partial charge in [0, 0.05) is 13.7 Å². The molecule has 5 nitrogen and oxygen atoms in total. The Morgan fingerprint density at radius 1 is 1.82 bits per heavy atom. The van der Waals surface area contributed by atoms with Crippen molar-refractivity contribution in [3.8, 4) is 0 Å². The van der Waals surface area contributed by atoms with Crippen LogP contribution in [0, 0.1) is 0 Å². The number of rotatable bonds is 3. The van der Waals surface area contributed by atoms with Gasteiger partial charge in [-0.05, 0) is 6.42 Å². The smallest absolute Gasteiger partial charge is 0.143 e. The molecule has 62 valence electrons. The molecule has 0 aliphatic carbocycles. The van der Waals surface area contributed by atoms with E-state index in [1.165, 1.54) is 6.33 Å². The minimum atomic E-state index is -0.215. The standard InChI is InChI=1S/C6H12N4O/c1-10-6(8-4-9-10)5(7)2-3-11/h4-5,11H,2-3,7H2,1H3. The summed E-state index contributed by atoms with van der Waals surface area (Å²) in [6.45, 7) is 0.0774. The summed E-state index contributed by atoms with van der Waals surface area (Å²) in [7, 11) is 1.78. The monoisotopic (exact) mass is 156 g/mol. The molecule has 0 aromatic carbocycles. The van der Waals surface area contributed by atoms with E-state index in [-0.39, 0.29) is 12.6 Å². The Morgan fingerprint density at radius 3 is 3.00 bits per heavy atom. The third-order valence-corrected chi connectivity index (χ3v) is 1.52. The molecule has 11 heavy (non-hydrogen) atoms. The van der Waals surface area contributed by atoms with Crippen LogP contribution in [0.15, 0.2) is 6.33 Å². The number of nitrogens with two attached hydrogens (primary N) is 1. The average Bonchev–Trinajstić information content (AvgIpc) is 2.36. The molecule has 0 saturated carbocycles. The van der Waals surface area contributed by atoms with E-state index in [4.69, 9.17) is 10.8 Å². The van der Waals surface area contributed by atoms with Gasteiger partial charge in [0.25, 0.3) is 0 Å². The van der Waals surface area contributed by atoms with Gasteiger partial charge in [0.05, 0.1) is 6.04 Å². The molecule has 0 radical (unpaired) electrons. The van der Waals surface area contributed by atoms with Gasteiger partial charge >= 0.3 is 0 Å². The first-order valence-corrected chi connectivity index (χ1v) is 3.46. The van der Waals surface area contributed by atoms with Gasteiger partial charge in [-0.2, -0.15) is 5.10 Å². The van der Waals surface area contributed by atoms with Gasteiger partial charge in [-0.15, -0.1) is 0 Å². The van der Waals surface area contributed by atoms with Crippen molar-refractivity contribution in [3.63, 3.8) is 0 Å². The molecular weight excluding hydrogens is 144 g/mol. The number of aliphatic hydroxyl groups excluding tert-OH is 1. The quantitative estimate of drug-likeness (QED) is 0.600. The lowest BCUT2D eigenvalue weighted by Crippen LogP contribution is -2.16. The van der Waals surface area contributed by atoms with E-state index >= 15 is 0 Å². The molecule has 3 N–H and O–H groups in total. The van der Waals surface area contributed by atoms with E-state index < -0.39 is 0 Å². The maximum atomic E-state index is 8.59. The van der Waals surface area contributed by atoms with Crippen molar-refractivity contribution in [2.24, 2.45) is 12.8 Å². The Bertz CT molecular complexity index is 222. The summed E-state index contributed by atoms with van der Waals surface area (Å²) in [6, 6.07) is -0.215. The van der Waals surface area contributed by atoms with Crippen molar-refractivity contribution in [2.75, 3.05) is 6.61 Å². The van der Waals surface area contributed by atoms with Gasteiger partial charge < -0.3 is 10.8 Å². The van der Waals surface area contributed by atoms with Gasteiger partial charge in [0.2, 0.25) is 0 Å². The first-order valence-electron chi connectivity index (χ1n) is 3.46. The van der Waals surface area contributed by atoms with Crippen LogP contribution in [0.25, 0.3) is 0 Å². The molecule has 0 bridgehead atoms. The lowest BCUT2D eigenvalue weighted by atomic mass is 10.2. The molecule has 0 amide bonds. The zero-order valence-electron chi connectivity index (χ0n) is 6.44. The highest BCUT2D eigenvalue weighted by atomic mass is 16.3. The molecule has 1 aromatic heterocycles. The van der Waals surface area contributed by atoms with E-state index in [1.807, 2.05) is 0 Å². The second-order valence-electron chi connectivity index (χ2n) is 2.36. The lowest BCUT2D eigenvalue weighted by molar-refractivity contribution is 0.273. The first-order chi connectivity index (χ1) is 5.25. The number of aliphatic hydroxyl groups is 1. The van der Waals surface area contributed by atoms with E-state index in [0.29, 0.717) is 12.2 Å². The highest BCUT2D eigenvalue weighted by molar-refractivity contribution is 4.91. The summed E-state index contributed by atoms with van der Waals surface area (Å²) in [4.78, 5) is 3.95. The van der Waals surface area contributed by atoms with Gasteiger partial charge in [0.15, 0.2) is 0 Å². The van der Waals surface area contributed by atoms with E-state index in [1.54, 1.807) is 11.7 Å². The van der Waals surface area contributed by atoms with Crippen molar-refractivity contribution in [1.29, 1.82) is 0 Å². The van der Waals surface area contributed by atoms with Crippen molar-refractivity contribution >= 4 is 0 Å². The molecule has 0 fully saturated rings. The topological polar surface area (TPSA) is 77.0 Å². The minimum absolute atomic E-state index is 0.0774. The summed E-state index contributed by atoms with van der Waals surface area (Å²) < 4.78 is 1.61. The summed E-state index contributed by atoms with van der Waals surface area (Å²) in [5, 5.41) is 12.5. The van der Waals surface area contributed by atoms with Crippen molar-refractivity contribution in [1.82, 2.24) is 14.8 Å². The molecule has 1 heterocycles. The summed E-state index contributed by atoms with van der Waals surface area (Å²) in [5.74, 6) is 0.707. The Kier molecular flexibility index (Phi) is 2.56. The maximum absolute atomic E-state index is 8.59. The zero-order valence-corrected chi connectivity index (χ0v) is 6.44. The van der Waals surface area contributed by atoms with Gasteiger partial charge in [0.1, 0.15) is 12.2 Å². The number of hydrogen-bond donors (Lipinski definition) is 2. The summed E-state index contributed by atoms with van der Waals surface area (Å²) in [5.41, 5.74) is 5.67. The van der Waals surface area contributed by atoms with Crippen molar-refractivity contribution in [3.05, 3.63) is 12.2 Å². The predicted octanol–water partition coefficient (Wildman–Crippen LogP) is -0.803. The molecule has 1 rings (SSSR count). The van der Waals surface area contributed by atoms with Crippen LogP contribution in [0.1, 0.15) is 18.3 Å². The average molecular weight is 156 g/mol. The number of nitrogens with zero attached hydrogens (tertiary/aromatic N) is 3. The second-order valence-corrected chi connectivity index (χ2v) is 2.36. The Hall–Kier alpha value is -0.940. The van der Waals surface area contributed by atoms with Crippen LogP contribution in [0.2, 0.25) is 0 Å². The highest BCUT2D eigenvalue weighted by Crippen LogP contribution is 2.07. The van der Waals surface area contributed by atoms with E-state index in [0.717, 1.165) is 0 Å². The molecular formula is C6H12N4O. The Labute approximate surface area is 64.9 Å². The third kappa shape index (κ3) is 1.75. The predicted molar refractivity (Wildman–Crippen MR) is 39.6 cm³/mol. The SMILES string of the molecule is Cn1ncnc1C(N)CCO. The molecule has 5 heteroatoms. The molecule has 0 saturated heterocycles. The summed E-state index contributed by atoms with van der Waals surface area (Å²) in [6.07, 6.45) is 1.97. The molecule has 0 aliphatic rings. The van der Waals surface area contributed by atoms with Crippen molar-refractivity contribution in [2.45, 2.75) is 12.5 Å². The van der Waals surface area contributed by atoms with Crippen LogP contribution in [0.3, 0.4) is 0 Å². The van der Waals surface area contributed by atoms with Gasteiger partial charge in [-0.1, -0.05) is 0 Å². The van der Waals surface area contributed by atoms with Crippen LogP contribution in [0.4, 0.5) is 0 Å².